The normalized spacial score (nSPS) is 11.0. The molecular weight excluding hydrogens is 193 g/mol. The van der Waals surface area contributed by atoms with E-state index in [9.17, 15) is 13.2 Å². The third-order valence-corrected chi connectivity index (χ3v) is 1.68. The predicted molar refractivity (Wildman–Crippen MR) is 46.8 cm³/mol. The Kier molecular flexibility index (Phi) is 3.49. The van der Waals surface area contributed by atoms with Gasteiger partial charge in [0.2, 0.25) is 0 Å². The Bertz CT molecular complexity index is 326. The van der Waals surface area contributed by atoms with Gasteiger partial charge in [-0.1, -0.05) is 0 Å². The maximum absolute atomic E-state index is 13.0. The van der Waals surface area contributed by atoms with Crippen LogP contribution in [0, 0.1) is 17.5 Å². The molecule has 0 aliphatic rings. The molecule has 0 aliphatic heterocycles. The zero-order valence-corrected chi connectivity index (χ0v) is 7.94. The summed E-state index contributed by atoms with van der Waals surface area (Å²) in [6.07, 6.45) is 0. The second-order valence-electron chi connectivity index (χ2n) is 3.09. The minimum Gasteiger partial charge on any atom is -0.251 e. The van der Waals surface area contributed by atoms with Gasteiger partial charge in [0.1, 0.15) is 5.82 Å². The lowest BCUT2D eigenvalue weighted by atomic mass is 10.2. The van der Waals surface area contributed by atoms with Crippen LogP contribution in [0.4, 0.5) is 13.2 Å². The minimum atomic E-state index is -1.17. The lowest BCUT2D eigenvalue weighted by Crippen LogP contribution is -2.30. The Labute approximate surface area is 80.3 Å². The number of benzene rings is 1. The molecule has 0 amide bonds. The van der Waals surface area contributed by atoms with Crippen molar-refractivity contribution in [2.24, 2.45) is 0 Å². The maximum atomic E-state index is 13.0. The lowest BCUT2D eigenvalue weighted by Gasteiger charge is -2.12. The van der Waals surface area contributed by atoms with Crippen molar-refractivity contribution >= 4 is 0 Å². The van der Waals surface area contributed by atoms with Crippen molar-refractivity contribution in [2.75, 3.05) is 14.1 Å². The molecule has 0 bridgehead atoms. The van der Waals surface area contributed by atoms with Crippen molar-refractivity contribution in [1.29, 1.82) is 0 Å². The fraction of sp³-hybridized carbons (Fsp3) is 0.333. The molecule has 14 heavy (non-hydrogen) atoms. The highest BCUT2D eigenvalue weighted by Gasteiger charge is 2.09. The highest BCUT2D eigenvalue weighted by atomic mass is 19.2. The predicted octanol–water partition coefficient (Wildman–Crippen LogP) is 1.67. The van der Waals surface area contributed by atoms with Gasteiger partial charge in [-0.3, -0.25) is 10.4 Å². The molecule has 1 rings (SSSR count). The van der Waals surface area contributed by atoms with Crippen LogP contribution >= 0.6 is 0 Å². The third kappa shape index (κ3) is 2.71. The van der Waals surface area contributed by atoms with Crippen LogP contribution < -0.4 is 5.43 Å². The van der Waals surface area contributed by atoms with E-state index in [0.29, 0.717) is 6.07 Å². The molecule has 0 spiro atoms. The molecule has 0 aromatic heterocycles. The quantitative estimate of drug-likeness (QED) is 0.595. The fourth-order valence-corrected chi connectivity index (χ4v) is 0.943. The maximum Gasteiger partial charge on any atom is 0.161 e. The van der Waals surface area contributed by atoms with E-state index in [1.807, 2.05) is 0 Å². The van der Waals surface area contributed by atoms with E-state index >= 15 is 0 Å². The molecule has 0 saturated carbocycles. The van der Waals surface area contributed by atoms with Gasteiger partial charge in [-0.2, -0.15) is 0 Å². The summed E-state index contributed by atoms with van der Waals surface area (Å²) in [6.45, 7) is 0.121. The standard InChI is InChI=1S/C9H11F3N2/c1-14(2)13-5-6-3-8(11)9(12)4-7(6)10/h3-4,13H,5H2,1-2H3. The van der Waals surface area contributed by atoms with Crippen molar-refractivity contribution in [3.63, 3.8) is 0 Å². The topological polar surface area (TPSA) is 15.3 Å². The van der Waals surface area contributed by atoms with Crippen LogP contribution in [-0.4, -0.2) is 19.1 Å². The van der Waals surface area contributed by atoms with Gasteiger partial charge < -0.3 is 0 Å². The molecule has 0 unspecified atom stereocenters. The van der Waals surface area contributed by atoms with Crippen LogP contribution in [0.5, 0.6) is 0 Å². The van der Waals surface area contributed by atoms with E-state index in [1.165, 1.54) is 0 Å². The minimum absolute atomic E-state index is 0.0950. The van der Waals surface area contributed by atoms with Gasteiger partial charge in [0, 0.05) is 32.3 Å². The van der Waals surface area contributed by atoms with Crippen molar-refractivity contribution in [1.82, 2.24) is 10.4 Å². The first-order valence-electron chi connectivity index (χ1n) is 4.05. The highest BCUT2D eigenvalue weighted by Crippen LogP contribution is 2.13. The van der Waals surface area contributed by atoms with Crippen LogP contribution in [0.2, 0.25) is 0 Å². The Morgan fingerprint density at radius 3 is 2.21 bits per heavy atom. The SMILES string of the molecule is CN(C)NCc1cc(F)c(F)cc1F. The Balaban J connectivity index is 2.82. The second-order valence-corrected chi connectivity index (χ2v) is 3.09. The molecule has 0 atom stereocenters. The Morgan fingerprint density at radius 2 is 1.64 bits per heavy atom. The van der Waals surface area contributed by atoms with Gasteiger partial charge in [0.25, 0.3) is 0 Å². The summed E-state index contributed by atoms with van der Waals surface area (Å²) < 4.78 is 38.2. The van der Waals surface area contributed by atoms with E-state index in [4.69, 9.17) is 0 Å². The molecule has 1 N–H and O–H groups in total. The molecule has 78 valence electrons. The van der Waals surface area contributed by atoms with E-state index in [2.05, 4.69) is 5.43 Å². The van der Waals surface area contributed by atoms with Crippen LogP contribution in [0.25, 0.3) is 0 Å². The number of hydrazine groups is 1. The first-order chi connectivity index (χ1) is 6.50. The molecule has 0 radical (unpaired) electrons. The van der Waals surface area contributed by atoms with Gasteiger partial charge in [-0.05, 0) is 6.07 Å². The van der Waals surface area contributed by atoms with Crippen LogP contribution in [-0.2, 0) is 6.54 Å². The Morgan fingerprint density at radius 1 is 1.07 bits per heavy atom. The summed E-state index contributed by atoms with van der Waals surface area (Å²) in [7, 11) is 3.44. The fourth-order valence-electron chi connectivity index (χ4n) is 0.943. The number of rotatable bonds is 3. The number of hydrogen-bond donors (Lipinski definition) is 1. The lowest BCUT2D eigenvalue weighted by molar-refractivity contribution is 0.283. The summed E-state index contributed by atoms with van der Waals surface area (Å²) >= 11 is 0. The van der Waals surface area contributed by atoms with Crippen molar-refractivity contribution in [2.45, 2.75) is 6.54 Å². The largest absolute Gasteiger partial charge is 0.251 e. The molecule has 0 heterocycles. The van der Waals surface area contributed by atoms with Crippen molar-refractivity contribution in [3.8, 4) is 0 Å². The molecule has 2 nitrogen and oxygen atoms in total. The number of nitrogens with zero attached hydrogens (tertiary/aromatic N) is 1. The molecule has 0 saturated heterocycles. The van der Waals surface area contributed by atoms with E-state index < -0.39 is 17.5 Å². The summed E-state index contributed by atoms with van der Waals surface area (Å²) in [5.41, 5.74) is 2.85. The number of hydrogen-bond acceptors (Lipinski definition) is 2. The second kappa shape index (κ2) is 4.43. The van der Waals surface area contributed by atoms with Gasteiger partial charge in [0.05, 0.1) is 0 Å². The van der Waals surface area contributed by atoms with Crippen LogP contribution in [0.15, 0.2) is 12.1 Å². The molecule has 1 aromatic rings. The summed E-state index contributed by atoms with van der Waals surface area (Å²) in [6, 6.07) is 1.39. The van der Waals surface area contributed by atoms with E-state index in [1.54, 1.807) is 19.1 Å². The first kappa shape index (κ1) is 11.0. The molecule has 5 heteroatoms. The van der Waals surface area contributed by atoms with Gasteiger partial charge >= 0.3 is 0 Å². The molecule has 1 aromatic carbocycles. The molecular formula is C9H11F3N2. The Hall–Kier alpha value is -1.07. The molecule has 0 fully saturated rings. The summed E-state index contributed by atoms with van der Waals surface area (Å²) in [4.78, 5) is 0. The van der Waals surface area contributed by atoms with Gasteiger partial charge in [-0.25, -0.2) is 13.2 Å². The smallest absolute Gasteiger partial charge is 0.161 e. The molecule has 0 aliphatic carbocycles. The zero-order valence-electron chi connectivity index (χ0n) is 7.94. The van der Waals surface area contributed by atoms with Crippen LogP contribution in [0.1, 0.15) is 5.56 Å². The summed E-state index contributed by atoms with van der Waals surface area (Å²) in [5.74, 6) is -2.96. The monoisotopic (exact) mass is 204 g/mol. The first-order valence-corrected chi connectivity index (χ1v) is 4.05. The van der Waals surface area contributed by atoms with Crippen LogP contribution in [0.3, 0.4) is 0 Å². The van der Waals surface area contributed by atoms with Gasteiger partial charge in [-0.15, -0.1) is 0 Å². The highest BCUT2D eigenvalue weighted by molar-refractivity contribution is 5.19. The average molecular weight is 204 g/mol. The number of halogens is 3. The number of nitrogens with one attached hydrogen (secondary N) is 1. The van der Waals surface area contributed by atoms with E-state index in [0.717, 1.165) is 6.07 Å². The summed E-state index contributed by atoms with van der Waals surface area (Å²) in [5, 5.41) is 1.60. The average Bonchev–Trinajstić information content (AvgIpc) is 2.09. The van der Waals surface area contributed by atoms with Crippen molar-refractivity contribution < 1.29 is 13.2 Å². The zero-order chi connectivity index (χ0) is 10.7. The van der Waals surface area contributed by atoms with Gasteiger partial charge in [0.15, 0.2) is 11.6 Å². The van der Waals surface area contributed by atoms with Crippen molar-refractivity contribution in [3.05, 3.63) is 35.1 Å². The third-order valence-electron chi connectivity index (χ3n) is 1.68. The van der Waals surface area contributed by atoms with E-state index in [-0.39, 0.29) is 12.1 Å².